The van der Waals surface area contributed by atoms with Crippen LogP contribution in [-0.4, -0.2) is 0 Å². The first-order valence-electron chi connectivity index (χ1n) is 25.1. The third kappa shape index (κ3) is 36.2. The lowest BCUT2D eigenvalue weighted by molar-refractivity contribution is 0.945. The van der Waals surface area contributed by atoms with Crippen LogP contribution in [0.25, 0.3) is 0 Å². The fourth-order valence-electron chi connectivity index (χ4n) is 6.01. The maximum atomic E-state index is 2.41. The fraction of sp³-hybridized carbons (Fsp3) is 0.533. The molecule has 0 nitrogen and oxygen atoms in total. The molecule has 60 heavy (non-hydrogen) atoms. The van der Waals surface area contributed by atoms with Crippen LogP contribution in [0.15, 0.2) is 121 Å². The van der Waals surface area contributed by atoms with Crippen LogP contribution in [0.1, 0.15) is 209 Å². The van der Waals surface area contributed by atoms with Crippen molar-refractivity contribution in [1.29, 1.82) is 0 Å². The molecular formula is C60H104. The van der Waals surface area contributed by atoms with Crippen molar-refractivity contribution >= 4 is 0 Å². The first-order valence-corrected chi connectivity index (χ1v) is 25.1. The Morgan fingerprint density at radius 1 is 0.250 bits per heavy atom. The smallest absolute Gasteiger partial charge is 0.0163 e. The molecule has 0 fully saturated rings. The van der Waals surface area contributed by atoms with Gasteiger partial charge < -0.3 is 0 Å². The highest BCUT2D eigenvalue weighted by Gasteiger charge is 2.08. The molecule has 4 aliphatic rings. The van der Waals surface area contributed by atoms with Gasteiger partial charge in [0.1, 0.15) is 0 Å². The lowest BCUT2D eigenvalue weighted by atomic mass is 9.90. The molecule has 0 radical (unpaired) electrons. The summed E-state index contributed by atoms with van der Waals surface area (Å²) in [6.45, 7) is 42.0. The van der Waals surface area contributed by atoms with E-state index in [4.69, 9.17) is 0 Å². The van der Waals surface area contributed by atoms with Crippen LogP contribution in [-0.2, 0) is 51.4 Å². The van der Waals surface area contributed by atoms with Gasteiger partial charge in [0.15, 0.2) is 0 Å². The molecule has 4 aliphatic carbocycles. The van der Waals surface area contributed by atoms with E-state index in [9.17, 15) is 0 Å². The highest BCUT2D eigenvalue weighted by Crippen LogP contribution is 2.22. The highest BCUT2D eigenvalue weighted by atomic mass is 14.1. The Labute approximate surface area is 380 Å². The number of aryl methyl sites for hydroxylation is 6. The monoisotopic (exact) mass is 825 g/mol. The Morgan fingerprint density at radius 3 is 0.517 bits per heavy atom. The van der Waals surface area contributed by atoms with Crippen LogP contribution in [0.3, 0.4) is 0 Å². The molecule has 0 heteroatoms. The fourth-order valence-corrected chi connectivity index (χ4v) is 6.01. The molecule has 0 saturated carbocycles. The van der Waals surface area contributed by atoms with E-state index in [0.29, 0.717) is 0 Å². The summed E-state index contributed by atoms with van der Waals surface area (Å²) in [6.07, 6.45) is 47.4. The van der Waals surface area contributed by atoms with Gasteiger partial charge in [0.05, 0.1) is 0 Å². The van der Waals surface area contributed by atoms with E-state index in [0.717, 1.165) is 25.7 Å². The average Bonchev–Trinajstić information content (AvgIpc) is 4.22. The van der Waals surface area contributed by atoms with E-state index >= 15 is 0 Å². The molecule has 344 valence electrons. The second-order valence-electron chi connectivity index (χ2n) is 11.9. The second-order valence-corrected chi connectivity index (χ2v) is 11.9. The Hall–Kier alpha value is -3.64. The van der Waals surface area contributed by atoms with Crippen molar-refractivity contribution in [2.24, 2.45) is 0 Å². The van der Waals surface area contributed by atoms with Crippen LogP contribution in [0, 0.1) is 0 Å². The molecule has 2 aromatic rings. The summed E-state index contributed by atoms with van der Waals surface area (Å²) < 4.78 is 0. The van der Waals surface area contributed by atoms with Gasteiger partial charge in [0.2, 0.25) is 0 Å². The van der Waals surface area contributed by atoms with Gasteiger partial charge in [0, 0.05) is 0 Å². The number of rotatable bonds is 8. The molecule has 0 aliphatic heterocycles. The maximum absolute atomic E-state index is 2.41. The summed E-state index contributed by atoms with van der Waals surface area (Å²) in [5.74, 6) is 0. The van der Waals surface area contributed by atoms with Crippen LogP contribution in [0.4, 0.5) is 0 Å². The van der Waals surface area contributed by atoms with Crippen molar-refractivity contribution in [3.8, 4) is 0 Å². The lowest BCUT2D eigenvalue weighted by Crippen LogP contribution is -2.01. The molecular weight excluding hydrogens is 721 g/mol. The minimum atomic E-state index is 1.14. The third-order valence-electron chi connectivity index (χ3n) is 8.76. The number of benzene rings is 2. The van der Waals surface area contributed by atoms with Crippen LogP contribution in [0.2, 0.25) is 0 Å². The normalized spacial score (nSPS) is 11.4. The van der Waals surface area contributed by atoms with E-state index in [1.807, 2.05) is 83.1 Å². The third-order valence-corrected chi connectivity index (χ3v) is 8.76. The van der Waals surface area contributed by atoms with Gasteiger partial charge in [0.25, 0.3) is 0 Å². The predicted octanol–water partition coefficient (Wildman–Crippen LogP) is 20.0. The molecule has 0 N–H and O–H groups in total. The summed E-state index contributed by atoms with van der Waals surface area (Å²) in [7, 11) is 0. The minimum absolute atomic E-state index is 1.14. The van der Waals surface area contributed by atoms with Crippen molar-refractivity contribution < 1.29 is 0 Å². The van der Waals surface area contributed by atoms with Gasteiger partial charge in [-0.15, -0.1) is 0 Å². The van der Waals surface area contributed by atoms with Crippen molar-refractivity contribution in [1.82, 2.24) is 0 Å². The summed E-state index contributed by atoms with van der Waals surface area (Å²) in [5.41, 5.74) is 12.5. The first kappa shape index (κ1) is 68.1. The number of allylic oxidation sites excluding steroid dienone is 16. The maximum Gasteiger partial charge on any atom is -0.0163 e. The van der Waals surface area contributed by atoms with Crippen molar-refractivity contribution in [2.75, 3.05) is 0 Å². The quantitative estimate of drug-likeness (QED) is 0.249. The summed E-state index contributed by atoms with van der Waals surface area (Å²) in [4.78, 5) is 0. The molecule has 0 amide bonds. The van der Waals surface area contributed by atoms with Crippen molar-refractivity contribution in [3.63, 3.8) is 0 Å². The molecule has 0 unspecified atom stereocenters. The standard InChI is InChI=1S/2C14H22.4C5H6.6C2H6/c1-5-11-9-13(7-3)14(8-4)10-12(11)6-2;1-5-11-9-10-12(6-2)14(8-4)13(11)7-3;4*1-2-4-5-3-1;6*1-2/h2*9-10H,5-8H2,1-4H3;4*1-4H,5H2;6*1-2H3. The van der Waals surface area contributed by atoms with E-state index in [1.165, 1.54) is 51.4 Å². The zero-order valence-electron chi connectivity index (χ0n) is 44.0. The second kappa shape index (κ2) is 59.7. The van der Waals surface area contributed by atoms with Crippen molar-refractivity contribution in [3.05, 3.63) is 166 Å². The Balaban J connectivity index is -0.000000145. The molecule has 0 saturated heterocycles. The summed E-state index contributed by atoms with van der Waals surface area (Å²) >= 11 is 0. The van der Waals surface area contributed by atoms with Crippen molar-refractivity contribution in [2.45, 2.75) is 216 Å². The van der Waals surface area contributed by atoms with Crippen LogP contribution < -0.4 is 0 Å². The SMILES string of the molecule is C1=CCC=C1.C1=CCC=C1.C1=CCC=C1.C1=CCC=C1.CC.CC.CC.CC.CC.CC.CCc1cc(CC)c(CC)cc1CC.CCc1ccc(CC)c(CC)c1CC. The lowest BCUT2D eigenvalue weighted by Gasteiger charge is -2.15. The molecule has 6 rings (SSSR count). The number of hydrogen-bond acceptors (Lipinski definition) is 0. The Bertz CT molecular complexity index is 1160. The highest BCUT2D eigenvalue weighted by molar-refractivity contribution is 5.41. The van der Waals surface area contributed by atoms with Gasteiger partial charge in [-0.3, -0.25) is 0 Å². The van der Waals surface area contributed by atoms with E-state index in [1.54, 1.807) is 44.5 Å². The molecule has 0 atom stereocenters. The molecule has 2 aromatic carbocycles. The molecule has 0 bridgehead atoms. The van der Waals surface area contributed by atoms with E-state index in [2.05, 4.69) is 177 Å². The van der Waals surface area contributed by atoms with Gasteiger partial charge >= 0.3 is 0 Å². The topological polar surface area (TPSA) is 0 Å². The zero-order valence-corrected chi connectivity index (χ0v) is 44.0. The van der Waals surface area contributed by atoms with E-state index in [-0.39, 0.29) is 0 Å². The Morgan fingerprint density at radius 2 is 0.417 bits per heavy atom. The van der Waals surface area contributed by atoms with Gasteiger partial charge in [-0.1, -0.05) is 260 Å². The molecule has 0 aromatic heterocycles. The van der Waals surface area contributed by atoms with Crippen LogP contribution >= 0.6 is 0 Å². The van der Waals surface area contributed by atoms with Crippen LogP contribution in [0.5, 0.6) is 0 Å². The van der Waals surface area contributed by atoms with Gasteiger partial charge in [-0.25, -0.2) is 0 Å². The van der Waals surface area contributed by atoms with Gasteiger partial charge in [-0.05, 0) is 122 Å². The predicted molar refractivity (Wildman–Crippen MR) is 288 cm³/mol. The first-order chi connectivity index (χ1) is 29.5. The zero-order chi connectivity index (χ0) is 47.2. The minimum Gasteiger partial charge on any atom is -0.0808 e. The Kier molecular flexibility index (Phi) is 67.7. The molecule has 0 spiro atoms. The summed E-state index contributed by atoms with van der Waals surface area (Å²) in [5, 5.41) is 0. The van der Waals surface area contributed by atoms with Gasteiger partial charge in [-0.2, -0.15) is 0 Å². The van der Waals surface area contributed by atoms with E-state index < -0.39 is 0 Å². The number of hydrogen-bond donors (Lipinski definition) is 0. The largest absolute Gasteiger partial charge is 0.0808 e. The average molecular weight is 825 g/mol. The molecule has 0 heterocycles. The summed E-state index contributed by atoms with van der Waals surface area (Å²) in [6, 6.07) is 9.46.